The molecule has 96 valence electrons. The smallest absolute Gasteiger partial charge is 0.263 e. The maximum absolute atomic E-state index is 11.8. The largest absolute Gasteiger partial charge is 0.264 e. The molecule has 0 atom stereocenters. The molecule has 0 bridgehead atoms. The van der Waals surface area contributed by atoms with Gasteiger partial charge in [-0.3, -0.25) is 4.98 Å². The minimum atomic E-state index is -2.34. The van der Waals surface area contributed by atoms with E-state index < -0.39 is 6.43 Å². The maximum Gasteiger partial charge on any atom is 0.263 e. The number of hydrogen-bond acceptors (Lipinski definition) is 1. The molecular weight excluding hydrogens is 244 g/mol. The van der Waals surface area contributed by atoms with Gasteiger partial charge in [-0.05, 0) is 16.8 Å². The first-order chi connectivity index (χ1) is 9.27. The van der Waals surface area contributed by atoms with Crippen LogP contribution >= 0.6 is 0 Å². The van der Waals surface area contributed by atoms with Crippen LogP contribution in [0.25, 0.3) is 10.8 Å². The molecule has 0 N–H and O–H groups in total. The second-order valence-electron chi connectivity index (χ2n) is 3.93. The van der Waals surface area contributed by atoms with Crippen molar-refractivity contribution in [2.24, 2.45) is 0 Å². The van der Waals surface area contributed by atoms with Gasteiger partial charge in [0.2, 0.25) is 0 Å². The highest BCUT2D eigenvalue weighted by Gasteiger charge is 2.02. The van der Waals surface area contributed by atoms with Crippen LogP contribution in [0.4, 0.5) is 8.78 Å². The molecule has 1 aromatic heterocycles. The Balaban J connectivity index is 0.000000141. The molecule has 0 fully saturated rings. The zero-order valence-electron chi connectivity index (χ0n) is 10.2. The fourth-order valence-corrected chi connectivity index (χ4v) is 1.63. The van der Waals surface area contributed by atoms with Crippen LogP contribution in [-0.2, 0) is 0 Å². The van der Waals surface area contributed by atoms with Gasteiger partial charge in [0.05, 0.1) is 0 Å². The van der Waals surface area contributed by atoms with Gasteiger partial charge in [0.25, 0.3) is 6.43 Å². The van der Waals surface area contributed by atoms with Crippen LogP contribution < -0.4 is 0 Å². The summed E-state index contributed by atoms with van der Waals surface area (Å²) in [7, 11) is 0. The third kappa shape index (κ3) is 3.85. The van der Waals surface area contributed by atoms with Crippen LogP contribution in [-0.4, -0.2) is 4.98 Å². The second kappa shape index (κ2) is 6.59. The molecule has 19 heavy (non-hydrogen) atoms. The van der Waals surface area contributed by atoms with Crippen LogP contribution in [0.2, 0.25) is 0 Å². The molecule has 0 amide bonds. The van der Waals surface area contributed by atoms with E-state index in [-0.39, 0.29) is 5.56 Å². The number of benzene rings is 2. The van der Waals surface area contributed by atoms with Crippen LogP contribution in [0.1, 0.15) is 12.0 Å². The Morgan fingerprint density at radius 1 is 0.737 bits per heavy atom. The van der Waals surface area contributed by atoms with E-state index in [2.05, 4.69) is 17.1 Å². The van der Waals surface area contributed by atoms with E-state index in [0.29, 0.717) is 0 Å². The molecule has 0 aliphatic rings. The van der Waals surface area contributed by atoms with Crippen molar-refractivity contribution in [3.05, 3.63) is 78.6 Å². The lowest BCUT2D eigenvalue weighted by molar-refractivity contribution is 0.151. The van der Waals surface area contributed by atoms with E-state index in [1.54, 1.807) is 18.2 Å². The van der Waals surface area contributed by atoms with E-state index >= 15 is 0 Å². The third-order valence-corrected chi connectivity index (χ3v) is 2.60. The van der Waals surface area contributed by atoms with Gasteiger partial charge in [-0.2, -0.15) is 0 Å². The van der Waals surface area contributed by atoms with Crippen molar-refractivity contribution in [3.63, 3.8) is 0 Å². The number of fused-ring (bicyclic) bond motifs is 1. The Kier molecular flexibility index (Phi) is 4.56. The lowest BCUT2D eigenvalue weighted by atomic mass is 10.2. The zero-order valence-corrected chi connectivity index (χ0v) is 10.2. The van der Waals surface area contributed by atoms with Crippen molar-refractivity contribution in [3.8, 4) is 0 Å². The van der Waals surface area contributed by atoms with Gasteiger partial charge in [0.15, 0.2) is 0 Å². The Morgan fingerprint density at radius 2 is 1.37 bits per heavy atom. The molecule has 0 aliphatic heterocycles. The molecule has 0 saturated heterocycles. The highest BCUT2D eigenvalue weighted by Crippen LogP contribution is 2.16. The minimum absolute atomic E-state index is 0.0810. The summed E-state index contributed by atoms with van der Waals surface area (Å²) in [5.74, 6) is 0. The first kappa shape index (κ1) is 13.1. The molecule has 3 heteroatoms. The number of aromatic nitrogens is 1. The van der Waals surface area contributed by atoms with Crippen molar-refractivity contribution < 1.29 is 8.78 Å². The zero-order chi connectivity index (χ0) is 13.5. The van der Waals surface area contributed by atoms with Gasteiger partial charge in [0.1, 0.15) is 0 Å². The molecule has 0 saturated carbocycles. The Bertz CT molecular complexity index is 558. The summed E-state index contributed by atoms with van der Waals surface area (Å²) in [4.78, 5) is 4.01. The third-order valence-electron chi connectivity index (χ3n) is 2.60. The van der Waals surface area contributed by atoms with Crippen molar-refractivity contribution in [1.29, 1.82) is 0 Å². The molecule has 0 unspecified atom stereocenters. The summed E-state index contributed by atoms with van der Waals surface area (Å²) in [5, 5.41) is 2.45. The first-order valence-electron chi connectivity index (χ1n) is 5.89. The second-order valence-corrected chi connectivity index (χ2v) is 3.93. The van der Waals surface area contributed by atoms with Crippen LogP contribution in [0.3, 0.4) is 0 Å². The molecule has 0 aliphatic carbocycles. The predicted molar refractivity (Wildman–Crippen MR) is 73.1 cm³/mol. The Hall–Kier alpha value is -2.29. The van der Waals surface area contributed by atoms with Gasteiger partial charge >= 0.3 is 0 Å². The average Bonchev–Trinajstić information content (AvgIpc) is 2.49. The summed E-state index contributed by atoms with van der Waals surface area (Å²) in [6.45, 7) is 0. The van der Waals surface area contributed by atoms with Crippen LogP contribution in [0.5, 0.6) is 0 Å². The summed E-state index contributed by atoms with van der Waals surface area (Å²) < 4.78 is 23.5. The predicted octanol–water partition coefficient (Wildman–Crippen LogP) is 4.86. The van der Waals surface area contributed by atoms with Gasteiger partial charge in [-0.15, -0.1) is 0 Å². The number of halogens is 2. The number of nitrogens with zero attached hydrogens (tertiary/aromatic N) is 1. The number of alkyl halides is 2. The van der Waals surface area contributed by atoms with E-state index in [0.717, 1.165) is 0 Å². The summed E-state index contributed by atoms with van der Waals surface area (Å²) >= 11 is 0. The SMILES string of the molecule is FC(F)c1ccccc1.c1ccc2cnccc2c1. The maximum atomic E-state index is 11.8. The summed E-state index contributed by atoms with van der Waals surface area (Å²) in [5.41, 5.74) is 0.0810. The lowest BCUT2D eigenvalue weighted by Crippen LogP contribution is -1.79. The van der Waals surface area contributed by atoms with Crippen molar-refractivity contribution in [2.75, 3.05) is 0 Å². The quantitative estimate of drug-likeness (QED) is 0.606. The van der Waals surface area contributed by atoms with Crippen molar-refractivity contribution in [1.82, 2.24) is 4.98 Å². The molecule has 3 rings (SSSR count). The van der Waals surface area contributed by atoms with Crippen LogP contribution in [0, 0.1) is 0 Å². The molecular formula is C16H13F2N. The van der Waals surface area contributed by atoms with Crippen LogP contribution in [0.15, 0.2) is 73.1 Å². The van der Waals surface area contributed by atoms with Gasteiger partial charge in [-0.25, -0.2) is 8.78 Å². The van der Waals surface area contributed by atoms with Gasteiger partial charge in [0, 0.05) is 18.0 Å². The number of hydrogen-bond donors (Lipinski definition) is 0. The van der Waals surface area contributed by atoms with E-state index in [9.17, 15) is 8.78 Å². The van der Waals surface area contributed by atoms with Gasteiger partial charge < -0.3 is 0 Å². The molecule has 0 radical (unpaired) electrons. The van der Waals surface area contributed by atoms with Gasteiger partial charge in [-0.1, -0.05) is 54.6 Å². The summed E-state index contributed by atoms with van der Waals surface area (Å²) in [6, 6.07) is 17.9. The fourth-order valence-electron chi connectivity index (χ4n) is 1.63. The molecule has 2 aromatic carbocycles. The molecule has 1 nitrogen and oxygen atoms in total. The van der Waals surface area contributed by atoms with E-state index in [1.807, 2.05) is 30.6 Å². The standard InChI is InChI=1S/C9H7N.C7H6F2/c1-2-4-9-7-10-6-5-8(9)3-1;8-7(9)6-4-2-1-3-5-6/h1-7H;1-5,7H. The Morgan fingerprint density at radius 3 is 1.95 bits per heavy atom. The molecule has 3 aromatic rings. The first-order valence-corrected chi connectivity index (χ1v) is 5.89. The number of rotatable bonds is 1. The monoisotopic (exact) mass is 257 g/mol. The van der Waals surface area contributed by atoms with E-state index in [1.165, 1.54) is 22.9 Å². The molecule has 1 heterocycles. The number of pyridine rings is 1. The normalized spacial score (nSPS) is 10.1. The molecule has 0 spiro atoms. The Labute approximate surface area is 110 Å². The topological polar surface area (TPSA) is 12.9 Å². The minimum Gasteiger partial charge on any atom is -0.264 e. The lowest BCUT2D eigenvalue weighted by Gasteiger charge is -1.94. The average molecular weight is 257 g/mol. The van der Waals surface area contributed by atoms with E-state index in [4.69, 9.17) is 0 Å². The highest BCUT2D eigenvalue weighted by molar-refractivity contribution is 5.80. The van der Waals surface area contributed by atoms with Crippen molar-refractivity contribution >= 4 is 10.8 Å². The van der Waals surface area contributed by atoms with Crippen molar-refractivity contribution in [2.45, 2.75) is 6.43 Å². The highest BCUT2D eigenvalue weighted by atomic mass is 19.3. The fraction of sp³-hybridized carbons (Fsp3) is 0.0625. The summed E-state index contributed by atoms with van der Waals surface area (Å²) in [6.07, 6.45) is 1.34.